The molecule has 2 aromatic rings. The van der Waals surface area contributed by atoms with E-state index in [4.69, 9.17) is 25.8 Å². The van der Waals surface area contributed by atoms with Gasteiger partial charge in [0.25, 0.3) is 11.8 Å². The molecule has 2 rings (SSSR count). The summed E-state index contributed by atoms with van der Waals surface area (Å²) >= 11 is 5.92. The Balaban J connectivity index is 1.89. The van der Waals surface area contributed by atoms with Crippen molar-refractivity contribution in [2.24, 2.45) is 0 Å². The molecule has 0 aromatic heterocycles. The van der Waals surface area contributed by atoms with Crippen molar-refractivity contribution >= 4 is 23.4 Å². The number of hydrogen-bond donors (Lipinski definition) is 2. The molecule has 0 bridgehead atoms. The van der Waals surface area contributed by atoms with Crippen LogP contribution in [0.3, 0.4) is 0 Å². The third-order valence-electron chi connectivity index (χ3n) is 3.16. The maximum Gasteiger partial charge on any atom is 0.276 e. The highest BCUT2D eigenvalue weighted by Gasteiger charge is 2.14. The number of benzene rings is 2. The Morgan fingerprint density at radius 1 is 1.00 bits per heavy atom. The number of hydrazine groups is 1. The van der Waals surface area contributed by atoms with Crippen molar-refractivity contribution in [3.05, 3.63) is 53.1 Å². The summed E-state index contributed by atoms with van der Waals surface area (Å²) in [4.78, 5) is 23.9. The van der Waals surface area contributed by atoms with E-state index in [2.05, 4.69) is 10.9 Å². The normalized spacial score (nSPS) is 9.88. The third-order valence-corrected chi connectivity index (χ3v) is 3.48. The van der Waals surface area contributed by atoms with Crippen molar-refractivity contribution in [1.82, 2.24) is 10.9 Å². The summed E-state index contributed by atoms with van der Waals surface area (Å²) in [6.07, 6.45) is 0. The lowest BCUT2D eigenvalue weighted by atomic mass is 10.2. The smallest absolute Gasteiger partial charge is 0.276 e. The fraction of sp³-hybridized carbons (Fsp3) is 0.176. The van der Waals surface area contributed by atoms with E-state index in [1.54, 1.807) is 36.4 Å². The molecule has 0 radical (unpaired) electrons. The first-order valence-electron chi connectivity index (χ1n) is 7.23. The van der Waals surface area contributed by atoms with Gasteiger partial charge in [-0.1, -0.05) is 23.7 Å². The van der Waals surface area contributed by atoms with Crippen LogP contribution < -0.4 is 25.1 Å². The van der Waals surface area contributed by atoms with Crippen LogP contribution in [-0.4, -0.2) is 32.6 Å². The Labute approximate surface area is 149 Å². The molecule has 0 atom stereocenters. The summed E-state index contributed by atoms with van der Waals surface area (Å²) in [5, 5.41) is 0.391. The van der Waals surface area contributed by atoms with Gasteiger partial charge in [-0.3, -0.25) is 20.4 Å². The molecule has 2 N–H and O–H groups in total. The van der Waals surface area contributed by atoms with Crippen LogP contribution in [0.4, 0.5) is 0 Å². The van der Waals surface area contributed by atoms with Gasteiger partial charge < -0.3 is 14.2 Å². The number of methoxy groups -OCH3 is 2. The van der Waals surface area contributed by atoms with Crippen LogP contribution in [0.15, 0.2) is 42.5 Å². The topological polar surface area (TPSA) is 85.9 Å². The summed E-state index contributed by atoms with van der Waals surface area (Å²) in [6.45, 7) is -0.302. The Kier molecular flexibility index (Phi) is 6.47. The molecule has 2 aromatic carbocycles. The van der Waals surface area contributed by atoms with Gasteiger partial charge in [0, 0.05) is 6.07 Å². The van der Waals surface area contributed by atoms with E-state index in [-0.39, 0.29) is 12.2 Å². The standard InChI is InChI=1S/C17H17ClN2O5/c1-23-11-7-8-12(15(9-11)24-2)17(22)20-19-16(21)10-25-14-6-4-3-5-13(14)18/h3-9H,10H2,1-2H3,(H,19,21)(H,20,22). The Morgan fingerprint density at radius 3 is 2.44 bits per heavy atom. The molecule has 0 aliphatic carbocycles. The molecule has 132 valence electrons. The average Bonchev–Trinajstić information content (AvgIpc) is 2.64. The van der Waals surface area contributed by atoms with Crippen LogP contribution in [0.25, 0.3) is 0 Å². The second kappa shape index (κ2) is 8.79. The second-order valence-electron chi connectivity index (χ2n) is 4.79. The van der Waals surface area contributed by atoms with E-state index in [9.17, 15) is 9.59 Å². The van der Waals surface area contributed by atoms with Crippen molar-refractivity contribution in [3.8, 4) is 17.2 Å². The van der Waals surface area contributed by atoms with E-state index in [1.807, 2.05) is 0 Å². The van der Waals surface area contributed by atoms with Crippen LogP contribution >= 0.6 is 11.6 Å². The van der Waals surface area contributed by atoms with Crippen molar-refractivity contribution in [2.75, 3.05) is 20.8 Å². The Hall–Kier alpha value is -2.93. The fourth-order valence-electron chi connectivity index (χ4n) is 1.92. The number of rotatable bonds is 6. The minimum Gasteiger partial charge on any atom is -0.497 e. The predicted octanol–water partition coefficient (Wildman–Crippen LogP) is 2.20. The summed E-state index contributed by atoms with van der Waals surface area (Å²) in [6, 6.07) is 11.5. The van der Waals surface area contributed by atoms with Gasteiger partial charge in [-0.05, 0) is 24.3 Å². The van der Waals surface area contributed by atoms with Crippen LogP contribution in [0, 0.1) is 0 Å². The highest BCUT2D eigenvalue weighted by atomic mass is 35.5. The number of para-hydroxylation sites is 1. The maximum atomic E-state index is 12.1. The van der Waals surface area contributed by atoms with Crippen molar-refractivity contribution < 1.29 is 23.8 Å². The number of hydrogen-bond acceptors (Lipinski definition) is 5. The van der Waals surface area contributed by atoms with E-state index in [1.165, 1.54) is 20.3 Å². The molecule has 25 heavy (non-hydrogen) atoms. The van der Waals surface area contributed by atoms with Crippen LogP contribution in [-0.2, 0) is 4.79 Å². The molecular formula is C17H17ClN2O5. The molecule has 8 heteroatoms. The zero-order valence-electron chi connectivity index (χ0n) is 13.7. The van der Waals surface area contributed by atoms with Gasteiger partial charge >= 0.3 is 0 Å². The van der Waals surface area contributed by atoms with E-state index in [0.29, 0.717) is 22.3 Å². The van der Waals surface area contributed by atoms with Gasteiger partial charge in [-0.2, -0.15) is 0 Å². The molecule has 0 heterocycles. The van der Waals surface area contributed by atoms with Crippen LogP contribution in [0.1, 0.15) is 10.4 Å². The minimum atomic E-state index is -0.541. The van der Waals surface area contributed by atoms with Crippen molar-refractivity contribution in [3.63, 3.8) is 0 Å². The summed E-state index contributed by atoms with van der Waals surface area (Å²) in [5.41, 5.74) is 4.79. The zero-order valence-corrected chi connectivity index (χ0v) is 14.4. The first-order chi connectivity index (χ1) is 12.0. The molecular weight excluding hydrogens is 348 g/mol. The average molecular weight is 365 g/mol. The van der Waals surface area contributed by atoms with E-state index in [0.717, 1.165) is 0 Å². The van der Waals surface area contributed by atoms with Crippen molar-refractivity contribution in [2.45, 2.75) is 0 Å². The molecule has 0 saturated carbocycles. The molecule has 7 nitrogen and oxygen atoms in total. The largest absolute Gasteiger partial charge is 0.497 e. The van der Waals surface area contributed by atoms with Gasteiger partial charge in [0.05, 0.1) is 24.8 Å². The highest BCUT2D eigenvalue weighted by molar-refractivity contribution is 6.32. The molecule has 2 amide bonds. The van der Waals surface area contributed by atoms with E-state index >= 15 is 0 Å². The molecule has 0 spiro atoms. The first-order valence-corrected chi connectivity index (χ1v) is 7.61. The predicted molar refractivity (Wildman–Crippen MR) is 92.1 cm³/mol. The Morgan fingerprint density at radius 2 is 1.76 bits per heavy atom. The quantitative estimate of drug-likeness (QED) is 0.767. The number of nitrogens with one attached hydrogen (secondary N) is 2. The summed E-state index contributed by atoms with van der Waals surface area (Å²) in [5.74, 6) is 0.165. The Bertz CT molecular complexity index is 766. The highest BCUT2D eigenvalue weighted by Crippen LogP contribution is 2.24. The SMILES string of the molecule is COc1ccc(C(=O)NNC(=O)COc2ccccc2Cl)c(OC)c1. The number of carbonyl (C=O) groups is 2. The van der Waals surface area contributed by atoms with E-state index < -0.39 is 11.8 Å². The lowest BCUT2D eigenvalue weighted by Crippen LogP contribution is -2.43. The third kappa shape index (κ3) is 5.02. The number of amides is 2. The number of carbonyl (C=O) groups excluding carboxylic acids is 2. The van der Waals surface area contributed by atoms with Gasteiger partial charge in [0.2, 0.25) is 0 Å². The number of ether oxygens (including phenoxy) is 3. The lowest BCUT2D eigenvalue weighted by Gasteiger charge is -2.12. The minimum absolute atomic E-state index is 0.246. The molecule has 0 fully saturated rings. The molecule has 0 saturated heterocycles. The number of halogens is 1. The van der Waals surface area contributed by atoms with Gasteiger partial charge in [-0.15, -0.1) is 0 Å². The van der Waals surface area contributed by atoms with Crippen molar-refractivity contribution in [1.29, 1.82) is 0 Å². The zero-order chi connectivity index (χ0) is 18.2. The molecule has 0 aliphatic heterocycles. The summed E-state index contributed by atoms with van der Waals surface area (Å²) < 4.78 is 15.5. The van der Waals surface area contributed by atoms with Gasteiger partial charge in [-0.25, -0.2) is 0 Å². The first kappa shape index (κ1) is 18.4. The molecule has 0 aliphatic rings. The maximum absolute atomic E-state index is 12.1. The molecule has 0 unspecified atom stereocenters. The second-order valence-corrected chi connectivity index (χ2v) is 5.19. The van der Waals surface area contributed by atoms with Crippen LogP contribution in [0.5, 0.6) is 17.2 Å². The fourth-order valence-corrected chi connectivity index (χ4v) is 2.11. The monoisotopic (exact) mass is 364 g/mol. The van der Waals surface area contributed by atoms with Gasteiger partial charge in [0.15, 0.2) is 6.61 Å². The lowest BCUT2D eigenvalue weighted by molar-refractivity contribution is -0.123. The van der Waals surface area contributed by atoms with Crippen LogP contribution in [0.2, 0.25) is 5.02 Å². The van der Waals surface area contributed by atoms with Gasteiger partial charge in [0.1, 0.15) is 17.2 Å². The summed E-state index contributed by atoms with van der Waals surface area (Å²) in [7, 11) is 2.94.